The second-order valence-corrected chi connectivity index (χ2v) is 40.9. The topological polar surface area (TPSA) is 140 Å². The Kier molecular flexibility index (Phi) is 2.58. The van der Waals surface area contributed by atoms with Gasteiger partial charge >= 0.3 is 85.0 Å². The predicted molar refractivity (Wildman–Crippen MR) is 49.4 cm³/mol. The summed E-state index contributed by atoms with van der Waals surface area (Å²) in [7, 11) is 17.0. The quantitative estimate of drug-likeness (QED) is 0.635. The normalized spacial score (nSPS) is 26.6. The Morgan fingerprint density at radius 1 is 0.714 bits per heavy atom. The first kappa shape index (κ1) is 20.9. The van der Waals surface area contributed by atoms with E-state index in [2.05, 4.69) is 68.7 Å². The van der Waals surface area contributed by atoms with Gasteiger partial charge in [-0.15, -0.1) is 0 Å². The van der Waals surface area contributed by atoms with Crippen molar-refractivity contribution < 1.29 is 22.5 Å². The zero-order valence-electron chi connectivity index (χ0n) is 6.08. The molecule has 0 aromatic heterocycles. The van der Waals surface area contributed by atoms with Crippen molar-refractivity contribution in [2.24, 2.45) is 0 Å². The Balaban J connectivity index is -0.000000605. The molecule has 7 nitrogen and oxygen atoms in total. The molecule has 0 aromatic rings. The fourth-order valence-corrected chi connectivity index (χ4v) is 0.448. The molecule has 6 N–H and O–H groups in total. The van der Waals surface area contributed by atoms with Crippen molar-refractivity contribution in [3.05, 3.63) is 0 Å². The van der Waals surface area contributed by atoms with Crippen LogP contribution in [0.2, 0.25) is 0 Å². The van der Waals surface area contributed by atoms with Crippen molar-refractivity contribution in [3.8, 4) is 0 Å². The molecule has 0 amide bonds. The van der Waals surface area contributed by atoms with E-state index in [0.717, 1.165) is 0 Å². The maximum absolute atomic E-state index is 11.1. The summed E-state index contributed by atoms with van der Waals surface area (Å²) in [6.45, 7) is 0. The molecule has 0 fully saturated rings. The number of hydrogen-bond donors (Lipinski definition) is 2. The second-order valence-electron chi connectivity index (χ2n) is 2.09. The molecule has 0 unspecified atom stereocenters. The third-order valence-corrected chi connectivity index (χ3v) is 11.9. The minimum absolute atomic E-state index is 0. The number of halogens is 6. The molecule has 0 saturated heterocycles. The Labute approximate surface area is 96.5 Å². The van der Waals surface area contributed by atoms with Crippen molar-refractivity contribution in [1.82, 2.24) is 12.3 Å². The van der Waals surface area contributed by atoms with Crippen molar-refractivity contribution >= 4 is 62.5 Å². The third-order valence-electron chi connectivity index (χ3n) is 0.343. The van der Waals surface area contributed by atoms with Gasteiger partial charge in [-0.1, -0.05) is 0 Å². The van der Waals surface area contributed by atoms with E-state index in [1.165, 1.54) is 0 Å². The van der Waals surface area contributed by atoms with Gasteiger partial charge in [0, 0.05) is 0 Å². The van der Waals surface area contributed by atoms with Crippen LogP contribution in [-0.4, -0.2) is 0 Å². The van der Waals surface area contributed by atoms with Gasteiger partial charge in [-0.25, -0.2) is 0 Å². The van der Waals surface area contributed by atoms with Crippen LogP contribution in [0.1, 0.15) is 0 Å². The molecule has 0 heterocycles. The molecule has 0 spiro atoms. The monoisotopic (exact) mass is 426 g/mol. The Bertz CT molecular complexity index is 610. The van der Waals surface area contributed by atoms with Crippen molar-refractivity contribution in [2.45, 2.75) is 0 Å². The van der Waals surface area contributed by atoms with E-state index >= 15 is 0 Å². The molecule has 0 radical (unpaired) electrons. The first-order valence-corrected chi connectivity index (χ1v) is 14.7. The average Bonchev–Trinajstić information content (AvgIpc) is 1.64. The minimum atomic E-state index is -11.1. The van der Waals surface area contributed by atoms with Crippen molar-refractivity contribution in [3.63, 3.8) is 0 Å². The molecule has 0 rings (SSSR count). The van der Waals surface area contributed by atoms with Gasteiger partial charge in [0.15, 0.2) is 0 Å². The standard InChI is InChI=1S/2ClO.4ClH.2H3N.3O.Ru/c2*1-2;;;;;;;;;;/h;;4*1H;2*1H3;;;;/q2*-1;;;;;;;;;;+6/p-4. The van der Waals surface area contributed by atoms with E-state index in [1.807, 2.05) is 0 Å². The fraction of sp³-hybridized carbons (Fsp3) is 0. The van der Waals surface area contributed by atoms with Crippen LogP contribution in [0.15, 0.2) is 0 Å². The molecule has 14 heteroatoms. The molecule has 0 bridgehead atoms. The van der Waals surface area contributed by atoms with Gasteiger partial charge < -0.3 is 12.3 Å². The molecule has 96 valence electrons. The molecule has 0 saturated carbocycles. The maximum atomic E-state index is 11.1. The summed E-state index contributed by atoms with van der Waals surface area (Å²) in [4.78, 5) is 0. The number of hydrogen-bond acceptors (Lipinski definition) is 7. The molecule has 14 heavy (non-hydrogen) atoms. The zero-order valence-corrected chi connectivity index (χ0v) is 12.4. The fourth-order valence-electron chi connectivity index (χ4n) is 0.00842. The first-order chi connectivity index (χ1) is 4.22. The van der Waals surface area contributed by atoms with E-state index in [9.17, 15) is 10.7 Å². The van der Waals surface area contributed by atoms with Crippen LogP contribution in [0.3, 0.4) is 0 Å². The van der Waals surface area contributed by atoms with E-state index < -0.39 is 5.51 Å². The summed E-state index contributed by atoms with van der Waals surface area (Å²) in [6.07, 6.45) is 0. The van der Waals surface area contributed by atoms with Gasteiger partial charge in [0.25, 0.3) is 0 Å². The van der Waals surface area contributed by atoms with Gasteiger partial charge in [0.2, 0.25) is 0 Å². The van der Waals surface area contributed by atoms with E-state index in [1.54, 1.807) is 0 Å². The Morgan fingerprint density at radius 3 is 0.857 bits per heavy atom. The second kappa shape index (κ2) is 1.72. The SMILES string of the molecule is N.N.[O]=[Ru](=[O])(=[O])([Cl])([Cl])([Cl])([Cl])([O]Cl)[O]Cl. The summed E-state index contributed by atoms with van der Waals surface area (Å²) in [5.74, 6) is 0. The van der Waals surface area contributed by atoms with Crippen molar-refractivity contribution in [2.75, 3.05) is 0 Å². The van der Waals surface area contributed by atoms with Crippen LogP contribution < -0.4 is 12.3 Å². The van der Waals surface area contributed by atoms with Gasteiger partial charge in [-0.05, 0) is 0 Å². The van der Waals surface area contributed by atoms with Gasteiger partial charge in [-0.2, -0.15) is 0 Å². The Morgan fingerprint density at radius 2 is 0.857 bits per heavy atom. The zero-order chi connectivity index (χ0) is 10.7. The predicted octanol–water partition coefficient (Wildman–Crippen LogP) is 3.97. The molecule has 0 aliphatic heterocycles. The van der Waals surface area contributed by atoms with Gasteiger partial charge in [0.05, 0.1) is 0 Å². The molecule has 0 atom stereocenters. The van der Waals surface area contributed by atoms with Crippen LogP contribution in [0.5, 0.6) is 0 Å². The van der Waals surface area contributed by atoms with E-state index in [-0.39, 0.29) is 12.3 Å². The molecule has 0 aliphatic carbocycles. The average molecular weight is 428 g/mol. The summed E-state index contributed by atoms with van der Waals surface area (Å²) in [5, 5.41) is 0. The van der Waals surface area contributed by atoms with Crippen LogP contribution in [0.4, 0.5) is 0 Å². The van der Waals surface area contributed by atoms with Crippen LogP contribution in [0, 0.1) is 0 Å². The summed E-state index contributed by atoms with van der Waals surface area (Å²) in [5.41, 5.74) is -11.1. The van der Waals surface area contributed by atoms with Crippen molar-refractivity contribution in [1.29, 1.82) is 0 Å². The van der Waals surface area contributed by atoms with E-state index in [4.69, 9.17) is 0 Å². The number of rotatable bonds is 2. The van der Waals surface area contributed by atoms with E-state index in [0.29, 0.717) is 0 Å². The van der Waals surface area contributed by atoms with Gasteiger partial charge in [-0.3, -0.25) is 0 Å². The molecule has 0 aromatic carbocycles. The Hall–Kier alpha value is 1.60. The molecular weight excluding hydrogens is 422 g/mol. The molecular formula is H6Cl6N2O5Ru. The van der Waals surface area contributed by atoms with Crippen LogP contribution >= 0.6 is 62.5 Å². The molecule has 0 aliphatic rings. The third kappa shape index (κ3) is 6.97. The van der Waals surface area contributed by atoms with Crippen LogP contribution in [-0.2, 0) is 22.5 Å². The first-order valence-electron chi connectivity index (χ1n) is 1.56. The van der Waals surface area contributed by atoms with Gasteiger partial charge in [0.1, 0.15) is 0 Å². The summed E-state index contributed by atoms with van der Waals surface area (Å²) >= 11 is 8.38. The summed E-state index contributed by atoms with van der Waals surface area (Å²) in [6, 6.07) is 0. The summed E-state index contributed by atoms with van der Waals surface area (Å²) < 4.78 is 38.7. The van der Waals surface area contributed by atoms with Crippen LogP contribution in [0.25, 0.3) is 0 Å².